The molecule has 17 nitrogen and oxygen atoms in total. The van der Waals surface area contributed by atoms with Crippen LogP contribution in [-0.2, 0) is 65.4 Å². The Morgan fingerprint density at radius 2 is 0.635 bits per heavy atom. The molecule has 0 heterocycles. The van der Waals surface area contributed by atoms with Gasteiger partial charge in [0.05, 0.1) is 26.4 Å². The molecule has 2 unspecified atom stereocenters. The highest BCUT2D eigenvalue weighted by atomic mass is 31.2. The van der Waals surface area contributed by atoms with Crippen LogP contribution in [0, 0.1) is 5.92 Å². The second-order valence-corrected chi connectivity index (χ2v) is 26.6. The van der Waals surface area contributed by atoms with Gasteiger partial charge in [-0.1, -0.05) is 258 Å². The molecule has 0 radical (unpaired) electrons. The molecule has 500 valence electrons. The molecule has 0 aromatic rings. The van der Waals surface area contributed by atoms with Gasteiger partial charge >= 0.3 is 39.5 Å². The molecule has 0 saturated carbocycles. The molecule has 0 saturated heterocycles. The molecule has 0 aliphatic heterocycles. The highest BCUT2D eigenvalue weighted by molar-refractivity contribution is 7.47. The third-order valence-electron chi connectivity index (χ3n) is 14.7. The van der Waals surface area contributed by atoms with E-state index < -0.39 is 97.5 Å². The molecule has 0 fully saturated rings. The van der Waals surface area contributed by atoms with Crippen LogP contribution in [0.15, 0.2) is 24.3 Å². The quantitative estimate of drug-likeness (QED) is 0.0169. The average Bonchev–Trinajstić information content (AvgIpc) is 3.54. The van der Waals surface area contributed by atoms with Crippen molar-refractivity contribution in [2.75, 3.05) is 39.6 Å². The highest BCUT2D eigenvalue weighted by Crippen LogP contribution is 2.45. The van der Waals surface area contributed by atoms with Gasteiger partial charge in [-0.2, -0.15) is 0 Å². The van der Waals surface area contributed by atoms with E-state index in [1.807, 2.05) is 0 Å². The van der Waals surface area contributed by atoms with E-state index in [0.29, 0.717) is 25.7 Å². The van der Waals surface area contributed by atoms with Gasteiger partial charge in [0, 0.05) is 25.7 Å². The van der Waals surface area contributed by atoms with Crippen molar-refractivity contribution in [1.29, 1.82) is 0 Å². The standard InChI is InChI=1S/C66H124O17P2/c1-6-9-12-15-17-19-21-23-25-27-29-31-36-41-46-51-65(70)83-62(56-77-64(69)50-45-40-35-30-28-26-24-22-20-18-16-13-10-7-2)58-81-85(74,75)79-54-60(67)53-78-84(72,73)80-57-61(55-76-63(68)49-44-38-14-11-8-3)82-66(71)52-47-42-37-33-32-34-39-43-48-59(4)5/h19,21,23,25,59-62,67H,6-18,20,22,24,26-58H2,1-5H3,(H,72,73)(H,74,75)/b21-19-,25-23-/t60-,61+,62+/m0/s1. The fraction of sp³-hybridized carbons (Fsp3) is 0.879. The van der Waals surface area contributed by atoms with Crippen molar-refractivity contribution in [2.24, 2.45) is 5.92 Å². The molecular weight excluding hydrogens is 1130 g/mol. The molecule has 0 rings (SSSR count). The first kappa shape index (κ1) is 82.5. The lowest BCUT2D eigenvalue weighted by atomic mass is 10.0. The van der Waals surface area contributed by atoms with E-state index in [4.69, 9.17) is 37.0 Å². The van der Waals surface area contributed by atoms with E-state index in [-0.39, 0.29) is 25.7 Å². The molecule has 0 amide bonds. The largest absolute Gasteiger partial charge is 0.472 e. The van der Waals surface area contributed by atoms with Gasteiger partial charge in [0.25, 0.3) is 0 Å². The summed E-state index contributed by atoms with van der Waals surface area (Å²) < 4.78 is 67.8. The smallest absolute Gasteiger partial charge is 0.462 e. The lowest BCUT2D eigenvalue weighted by Gasteiger charge is -2.21. The molecule has 0 spiro atoms. The zero-order chi connectivity index (χ0) is 62.8. The molecule has 0 aromatic carbocycles. The monoisotopic (exact) mass is 1250 g/mol. The lowest BCUT2D eigenvalue weighted by molar-refractivity contribution is -0.161. The third kappa shape index (κ3) is 60.2. The van der Waals surface area contributed by atoms with E-state index in [9.17, 15) is 43.2 Å². The average molecular weight is 1250 g/mol. The second kappa shape index (κ2) is 59.2. The van der Waals surface area contributed by atoms with Crippen molar-refractivity contribution in [3.8, 4) is 0 Å². The van der Waals surface area contributed by atoms with Gasteiger partial charge in [0.1, 0.15) is 19.3 Å². The summed E-state index contributed by atoms with van der Waals surface area (Å²) in [7, 11) is -9.89. The zero-order valence-electron chi connectivity index (χ0n) is 54.2. The van der Waals surface area contributed by atoms with Crippen molar-refractivity contribution in [2.45, 2.75) is 329 Å². The number of hydrogen-bond donors (Lipinski definition) is 3. The summed E-state index contributed by atoms with van der Waals surface area (Å²) in [5.41, 5.74) is 0. The first-order valence-electron chi connectivity index (χ1n) is 34.0. The highest BCUT2D eigenvalue weighted by Gasteiger charge is 2.30. The fourth-order valence-electron chi connectivity index (χ4n) is 9.40. The molecule has 0 bridgehead atoms. The van der Waals surface area contributed by atoms with Crippen LogP contribution in [-0.4, -0.2) is 96.7 Å². The Morgan fingerprint density at radius 1 is 0.365 bits per heavy atom. The second-order valence-electron chi connectivity index (χ2n) is 23.6. The number of phosphoric ester groups is 2. The lowest BCUT2D eigenvalue weighted by Crippen LogP contribution is -2.30. The predicted molar refractivity (Wildman–Crippen MR) is 340 cm³/mol. The van der Waals surface area contributed by atoms with Crippen LogP contribution in [0.1, 0.15) is 311 Å². The first-order chi connectivity index (χ1) is 41.0. The Labute approximate surface area is 516 Å². The van der Waals surface area contributed by atoms with Crippen LogP contribution < -0.4 is 0 Å². The summed E-state index contributed by atoms with van der Waals surface area (Å²) >= 11 is 0. The van der Waals surface area contributed by atoms with Crippen LogP contribution in [0.4, 0.5) is 0 Å². The first-order valence-corrected chi connectivity index (χ1v) is 36.9. The number of phosphoric acid groups is 2. The molecular formula is C66H124O17P2. The fourth-order valence-corrected chi connectivity index (χ4v) is 11.0. The van der Waals surface area contributed by atoms with Gasteiger partial charge in [0.2, 0.25) is 0 Å². The number of unbranched alkanes of at least 4 members (excludes halogenated alkanes) is 33. The Kier molecular flexibility index (Phi) is 57.5. The van der Waals surface area contributed by atoms with Gasteiger partial charge in [-0.3, -0.25) is 37.3 Å². The Hall–Kier alpha value is -2.46. The summed E-state index contributed by atoms with van der Waals surface area (Å²) in [6, 6.07) is 0. The topological polar surface area (TPSA) is 237 Å². The van der Waals surface area contributed by atoms with Crippen LogP contribution in [0.2, 0.25) is 0 Å². The van der Waals surface area contributed by atoms with Crippen LogP contribution in [0.25, 0.3) is 0 Å². The van der Waals surface area contributed by atoms with Crippen LogP contribution >= 0.6 is 15.6 Å². The van der Waals surface area contributed by atoms with E-state index in [2.05, 4.69) is 58.9 Å². The Balaban J connectivity index is 5.21. The number of aliphatic hydroxyl groups excluding tert-OH is 1. The van der Waals surface area contributed by atoms with Gasteiger partial charge in [0.15, 0.2) is 12.2 Å². The third-order valence-corrected chi connectivity index (χ3v) is 16.6. The van der Waals surface area contributed by atoms with Crippen molar-refractivity contribution < 1.29 is 80.2 Å². The SMILES string of the molecule is CCCCCC/C=C\C=C/CCCCCCCC(=O)O[C@H](COC(=O)CCCCCCCCCCCCCCCC)COP(=O)(O)OC[C@@H](O)COP(=O)(O)OC[C@@H](COC(=O)CCCCCCC)OC(=O)CCCCCCCCCCC(C)C. The summed E-state index contributed by atoms with van der Waals surface area (Å²) in [6.07, 6.45) is 47.0. The van der Waals surface area contributed by atoms with E-state index >= 15 is 0 Å². The van der Waals surface area contributed by atoms with Crippen LogP contribution in [0.3, 0.4) is 0 Å². The van der Waals surface area contributed by atoms with Gasteiger partial charge in [-0.15, -0.1) is 0 Å². The van der Waals surface area contributed by atoms with E-state index in [0.717, 1.165) is 115 Å². The number of carbonyl (C=O) groups excluding carboxylic acids is 4. The van der Waals surface area contributed by atoms with Crippen molar-refractivity contribution in [3.63, 3.8) is 0 Å². The molecule has 0 aliphatic rings. The molecule has 85 heavy (non-hydrogen) atoms. The van der Waals surface area contributed by atoms with Gasteiger partial charge in [-0.25, -0.2) is 9.13 Å². The molecule has 3 N–H and O–H groups in total. The van der Waals surface area contributed by atoms with Crippen molar-refractivity contribution in [1.82, 2.24) is 0 Å². The minimum absolute atomic E-state index is 0.0853. The normalized spacial score (nSPS) is 14.4. The van der Waals surface area contributed by atoms with Crippen LogP contribution in [0.5, 0.6) is 0 Å². The number of rotatable bonds is 64. The predicted octanol–water partition coefficient (Wildman–Crippen LogP) is 18.1. The number of hydrogen-bond acceptors (Lipinski definition) is 15. The maximum absolute atomic E-state index is 13.0. The van der Waals surface area contributed by atoms with E-state index in [1.165, 1.54) is 116 Å². The number of esters is 4. The van der Waals surface area contributed by atoms with Crippen molar-refractivity contribution in [3.05, 3.63) is 24.3 Å². The summed E-state index contributed by atoms with van der Waals surface area (Å²) in [5, 5.41) is 10.5. The summed E-state index contributed by atoms with van der Waals surface area (Å²) in [4.78, 5) is 72.0. The minimum Gasteiger partial charge on any atom is -0.462 e. The maximum Gasteiger partial charge on any atom is 0.472 e. The maximum atomic E-state index is 13.0. The Morgan fingerprint density at radius 3 is 0.965 bits per heavy atom. The number of carbonyl (C=O) groups is 4. The minimum atomic E-state index is -4.95. The van der Waals surface area contributed by atoms with Gasteiger partial charge < -0.3 is 33.8 Å². The molecule has 5 atom stereocenters. The summed E-state index contributed by atoms with van der Waals surface area (Å²) in [6.45, 7) is 7.01. The van der Waals surface area contributed by atoms with Gasteiger partial charge in [-0.05, 0) is 57.3 Å². The zero-order valence-corrected chi connectivity index (χ0v) is 56.0. The summed E-state index contributed by atoms with van der Waals surface area (Å²) in [5.74, 6) is -1.45. The molecule has 19 heteroatoms. The number of aliphatic hydroxyl groups is 1. The number of allylic oxidation sites excluding steroid dienone is 4. The molecule has 0 aromatic heterocycles. The number of ether oxygens (including phenoxy) is 4. The van der Waals surface area contributed by atoms with E-state index in [1.54, 1.807) is 0 Å². The Bertz CT molecular complexity index is 1740. The van der Waals surface area contributed by atoms with Crippen molar-refractivity contribution >= 4 is 39.5 Å². The molecule has 0 aliphatic carbocycles.